The van der Waals surface area contributed by atoms with Gasteiger partial charge in [-0.3, -0.25) is 9.78 Å². The van der Waals surface area contributed by atoms with Gasteiger partial charge in [0.25, 0.3) is 6.43 Å². The third-order valence-electron chi connectivity index (χ3n) is 1.81. The molecule has 7 heteroatoms. The van der Waals surface area contributed by atoms with Crippen LogP contribution in [-0.2, 0) is 17.1 Å². The van der Waals surface area contributed by atoms with E-state index in [1.54, 1.807) is 0 Å². The van der Waals surface area contributed by atoms with Gasteiger partial charge in [0.1, 0.15) is 5.69 Å². The van der Waals surface area contributed by atoms with Crippen molar-refractivity contribution < 1.29 is 18.7 Å². The average molecular weight is 315 g/mol. The van der Waals surface area contributed by atoms with E-state index in [1.807, 2.05) is 0 Å². The topological polar surface area (TPSA) is 50.2 Å². The first kappa shape index (κ1) is 13.3. The van der Waals surface area contributed by atoms with E-state index in [0.29, 0.717) is 10.0 Å². The minimum atomic E-state index is -2.75. The van der Waals surface area contributed by atoms with Crippen LogP contribution in [0.2, 0.25) is 0 Å². The number of rotatable bonds is 4. The van der Waals surface area contributed by atoms with Crippen LogP contribution >= 0.6 is 27.5 Å². The fourth-order valence-corrected chi connectivity index (χ4v) is 1.99. The second kappa shape index (κ2) is 5.54. The average Bonchev–Trinajstić information content (AvgIpc) is 2.20. The molecule has 3 nitrogen and oxygen atoms in total. The minimum absolute atomic E-state index is 0.00937. The number of carboxylic acids is 1. The van der Waals surface area contributed by atoms with Crippen LogP contribution in [0.3, 0.4) is 0 Å². The quantitative estimate of drug-likeness (QED) is 0.869. The molecular formula is C9H7BrClF2NO2. The van der Waals surface area contributed by atoms with Crippen molar-refractivity contribution in [3.8, 4) is 0 Å². The maximum atomic E-state index is 12.5. The summed E-state index contributed by atoms with van der Waals surface area (Å²) in [4.78, 5) is 14.1. The highest BCUT2D eigenvalue weighted by Gasteiger charge is 2.17. The van der Waals surface area contributed by atoms with Gasteiger partial charge >= 0.3 is 5.97 Å². The predicted molar refractivity (Wildman–Crippen MR) is 57.8 cm³/mol. The second-order valence-corrected chi connectivity index (χ2v) is 4.03. The number of hydrogen-bond donors (Lipinski definition) is 1. The van der Waals surface area contributed by atoms with Crippen molar-refractivity contribution >= 4 is 33.5 Å². The SMILES string of the molecule is O=C(O)Cc1nc(C(F)F)cc(CCl)c1Br. The van der Waals surface area contributed by atoms with Crippen molar-refractivity contribution in [1.82, 2.24) is 4.98 Å². The monoisotopic (exact) mass is 313 g/mol. The number of pyridine rings is 1. The van der Waals surface area contributed by atoms with Gasteiger partial charge in [0, 0.05) is 10.4 Å². The molecule has 0 amide bonds. The normalized spacial score (nSPS) is 10.8. The van der Waals surface area contributed by atoms with Gasteiger partial charge in [0.15, 0.2) is 0 Å². The number of aliphatic carboxylic acids is 1. The van der Waals surface area contributed by atoms with E-state index in [0.717, 1.165) is 6.07 Å². The molecule has 1 N–H and O–H groups in total. The first-order valence-corrected chi connectivity index (χ1v) is 5.52. The predicted octanol–water partition coefficient (Wildman–Crippen LogP) is 3.15. The highest BCUT2D eigenvalue weighted by molar-refractivity contribution is 9.10. The fraction of sp³-hybridized carbons (Fsp3) is 0.333. The molecule has 1 aromatic heterocycles. The zero-order valence-corrected chi connectivity index (χ0v) is 10.2. The van der Waals surface area contributed by atoms with Crippen LogP contribution in [-0.4, -0.2) is 16.1 Å². The van der Waals surface area contributed by atoms with E-state index >= 15 is 0 Å². The van der Waals surface area contributed by atoms with Crippen LogP contribution in [0.1, 0.15) is 23.4 Å². The molecule has 88 valence electrons. The standard InChI is InChI=1S/C9H7BrClF2NO2/c10-8-4(3-11)1-6(9(12)13)14-5(8)2-7(15)16/h1,9H,2-3H2,(H,15,16). The minimum Gasteiger partial charge on any atom is -0.481 e. The van der Waals surface area contributed by atoms with Gasteiger partial charge in [0.2, 0.25) is 0 Å². The Kier molecular flexibility index (Phi) is 4.61. The van der Waals surface area contributed by atoms with Crippen molar-refractivity contribution in [2.24, 2.45) is 0 Å². The van der Waals surface area contributed by atoms with E-state index in [9.17, 15) is 13.6 Å². The van der Waals surface area contributed by atoms with Crippen molar-refractivity contribution in [2.75, 3.05) is 0 Å². The zero-order chi connectivity index (χ0) is 12.3. The van der Waals surface area contributed by atoms with Crippen molar-refractivity contribution in [3.05, 3.63) is 27.5 Å². The first-order valence-electron chi connectivity index (χ1n) is 4.19. The summed E-state index contributed by atoms with van der Waals surface area (Å²) in [6.07, 6.45) is -3.17. The largest absolute Gasteiger partial charge is 0.481 e. The van der Waals surface area contributed by atoms with Gasteiger partial charge in [-0.2, -0.15) is 0 Å². The molecule has 0 bridgehead atoms. The first-order chi connectivity index (χ1) is 7.45. The molecule has 0 unspecified atom stereocenters. The summed E-state index contributed by atoms with van der Waals surface area (Å²) >= 11 is 8.67. The van der Waals surface area contributed by atoms with Gasteiger partial charge in [-0.25, -0.2) is 8.78 Å². The maximum absolute atomic E-state index is 12.5. The van der Waals surface area contributed by atoms with Crippen LogP contribution < -0.4 is 0 Å². The zero-order valence-electron chi connectivity index (χ0n) is 7.88. The van der Waals surface area contributed by atoms with Gasteiger partial charge in [0.05, 0.1) is 12.1 Å². The number of alkyl halides is 3. The Balaban J connectivity index is 3.24. The van der Waals surface area contributed by atoms with E-state index in [4.69, 9.17) is 16.7 Å². The Morgan fingerprint density at radius 2 is 2.25 bits per heavy atom. The molecule has 1 rings (SSSR count). The summed E-state index contributed by atoms with van der Waals surface area (Å²) < 4.78 is 25.3. The molecule has 0 aromatic carbocycles. The van der Waals surface area contributed by atoms with Crippen LogP contribution in [0.15, 0.2) is 10.5 Å². The lowest BCUT2D eigenvalue weighted by molar-refractivity contribution is -0.136. The third kappa shape index (κ3) is 3.12. The van der Waals surface area contributed by atoms with Gasteiger partial charge in [-0.15, -0.1) is 11.6 Å². The van der Waals surface area contributed by atoms with E-state index in [1.165, 1.54) is 0 Å². The highest BCUT2D eigenvalue weighted by atomic mass is 79.9. The van der Waals surface area contributed by atoms with Gasteiger partial charge in [-0.05, 0) is 27.6 Å². The summed E-state index contributed by atoms with van der Waals surface area (Å²) in [5, 5.41) is 8.60. The van der Waals surface area contributed by atoms with E-state index < -0.39 is 24.5 Å². The molecular weight excluding hydrogens is 307 g/mol. The van der Waals surface area contributed by atoms with Crippen LogP contribution in [0.25, 0.3) is 0 Å². The van der Waals surface area contributed by atoms with Crippen molar-refractivity contribution in [2.45, 2.75) is 18.7 Å². The summed E-state index contributed by atoms with van der Waals surface area (Å²) in [6, 6.07) is 1.16. The van der Waals surface area contributed by atoms with Crippen molar-refractivity contribution in [1.29, 1.82) is 0 Å². The smallest absolute Gasteiger partial charge is 0.309 e. The molecule has 0 saturated heterocycles. The Hall–Kier alpha value is -0.750. The van der Waals surface area contributed by atoms with Crippen LogP contribution in [0, 0.1) is 0 Å². The Bertz CT molecular complexity index is 415. The Morgan fingerprint density at radius 1 is 1.62 bits per heavy atom. The molecule has 1 aromatic rings. The molecule has 0 radical (unpaired) electrons. The number of hydrogen-bond acceptors (Lipinski definition) is 2. The second-order valence-electron chi connectivity index (χ2n) is 2.97. The third-order valence-corrected chi connectivity index (χ3v) is 3.06. The summed E-state index contributed by atoms with van der Waals surface area (Å²) in [7, 11) is 0. The van der Waals surface area contributed by atoms with Gasteiger partial charge in [-0.1, -0.05) is 0 Å². The number of carboxylic acid groups (broad SMARTS) is 1. The van der Waals surface area contributed by atoms with E-state index in [-0.39, 0.29) is 11.6 Å². The number of halogens is 4. The lowest BCUT2D eigenvalue weighted by Gasteiger charge is -2.09. The summed E-state index contributed by atoms with van der Waals surface area (Å²) in [6.45, 7) is 0. The molecule has 0 aliphatic heterocycles. The summed E-state index contributed by atoms with van der Waals surface area (Å²) in [5.41, 5.74) is -0.000679. The lowest BCUT2D eigenvalue weighted by Crippen LogP contribution is -2.07. The van der Waals surface area contributed by atoms with Gasteiger partial charge < -0.3 is 5.11 Å². The van der Waals surface area contributed by atoms with E-state index in [2.05, 4.69) is 20.9 Å². The Labute approximate surface area is 104 Å². The summed E-state index contributed by atoms with van der Waals surface area (Å²) in [5.74, 6) is -1.13. The number of nitrogens with zero attached hydrogens (tertiary/aromatic N) is 1. The van der Waals surface area contributed by atoms with Crippen molar-refractivity contribution in [3.63, 3.8) is 0 Å². The molecule has 0 spiro atoms. The molecule has 0 aliphatic rings. The number of aromatic nitrogens is 1. The highest BCUT2D eigenvalue weighted by Crippen LogP contribution is 2.27. The van der Waals surface area contributed by atoms with Crippen LogP contribution in [0.5, 0.6) is 0 Å². The molecule has 0 fully saturated rings. The molecule has 0 saturated carbocycles. The molecule has 1 heterocycles. The van der Waals surface area contributed by atoms with Crippen LogP contribution in [0.4, 0.5) is 8.78 Å². The lowest BCUT2D eigenvalue weighted by atomic mass is 10.2. The number of carbonyl (C=O) groups is 1. The Morgan fingerprint density at radius 3 is 2.69 bits per heavy atom. The molecule has 16 heavy (non-hydrogen) atoms. The molecule has 0 atom stereocenters. The maximum Gasteiger partial charge on any atom is 0.309 e. The fourth-order valence-electron chi connectivity index (χ4n) is 1.13. The molecule has 0 aliphatic carbocycles.